The van der Waals surface area contributed by atoms with Gasteiger partial charge < -0.3 is 10.6 Å². The van der Waals surface area contributed by atoms with E-state index in [2.05, 4.69) is 15.7 Å². The summed E-state index contributed by atoms with van der Waals surface area (Å²) in [6.45, 7) is 3.70. The Morgan fingerprint density at radius 3 is 3.07 bits per heavy atom. The Morgan fingerprint density at radius 1 is 1.73 bits per heavy atom. The van der Waals surface area contributed by atoms with Crippen LogP contribution in [0.5, 0.6) is 0 Å². The van der Waals surface area contributed by atoms with Gasteiger partial charge in [0.2, 0.25) is 0 Å². The van der Waals surface area contributed by atoms with Gasteiger partial charge in [0.25, 0.3) is 5.91 Å². The van der Waals surface area contributed by atoms with Crippen LogP contribution in [0.2, 0.25) is 0 Å². The summed E-state index contributed by atoms with van der Waals surface area (Å²) >= 11 is 0. The predicted molar refractivity (Wildman–Crippen MR) is 56.7 cm³/mol. The lowest BCUT2D eigenvalue weighted by Gasteiger charge is -2.10. The molecule has 2 N–H and O–H groups in total. The Labute approximate surface area is 88.8 Å². The van der Waals surface area contributed by atoms with Crippen molar-refractivity contribution in [1.29, 1.82) is 0 Å². The van der Waals surface area contributed by atoms with Crippen molar-refractivity contribution in [2.45, 2.75) is 19.4 Å². The smallest absolute Gasteiger partial charge is 0.255 e. The molecule has 15 heavy (non-hydrogen) atoms. The van der Waals surface area contributed by atoms with Crippen molar-refractivity contribution in [3.63, 3.8) is 0 Å². The highest BCUT2D eigenvalue weighted by molar-refractivity contribution is 5.95. The first-order chi connectivity index (χ1) is 7.16. The standard InChI is InChI=1S/C10H16N4O/c1-7-9(6-14(2)13-7)10(15)12-8-3-4-11-5-8/h6,8,11H,3-5H2,1-2H3,(H,12,15). The molecule has 0 radical (unpaired) electrons. The van der Waals surface area contributed by atoms with Crippen LogP contribution in [0.25, 0.3) is 0 Å². The van der Waals surface area contributed by atoms with Crippen molar-refractivity contribution in [3.05, 3.63) is 17.5 Å². The highest BCUT2D eigenvalue weighted by atomic mass is 16.1. The van der Waals surface area contributed by atoms with Crippen LogP contribution in [-0.2, 0) is 7.05 Å². The second kappa shape index (κ2) is 4.02. The molecule has 5 nitrogen and oxygen atoms in total. The molecule has 1 aromatic heterocycles. The van der Waals surface area contributed by atoms with Gasteiger partial charge in [0.15, 0.2) is 0 Å². The number of aryl methyl sites for hydroxylation is 2. The zero-order valence-corrected chi connectivity index (χ0v) is 9.08. The minimum absolute atomic E-state index is 0.0192. The SMILES string of the molecule is Cc1nn(C)cc1C(=O)NC1CCNC1. The monoisotopic (exact) mass is 208 g/mol. The van der Waals surface area contributed by atoms with Crippen LogP contribution in [0.3, 0.4) is 0 Å². The first-order valence-electron chi connectivity index (χ1n) is 5.18. The van der Waals surface area contributed by atoms with Gasteiger partial charge >= 0.3 is 0 Å². The first-order valence-corrected chi connectivity index (χ1v) is 5.18. The van der Waals surface area contributed by atoms with Crippen molar-refractivity contribution in [2.24, 2.45) is 7.05 Å². The van der Waals surface area contributed by atoms with Gasteiger partial charge in [-0.05, 0) is 19.9 Å². The van der Waals surface area contributed by atoms with Gasteiger partial charge in [-0.15, -0.1) is 0 Å². The van der Waals surface area contributed by atoms with E-state index in [1.54, 1.807) is 10.9 Å². The minimum atomic E-state index is -0.0192. The molecule has 1 aliphatic heterocycles. The van der Waals surface area contributed by atoms with Gasteiger partial charge in [-0.1, -0.05) is 0 Å². The Bertz CT molecular complexity index is 365. The number of rotatable bonds is 2. The van der Waals surface area contributed by atoms with Crippen LogP contribution in [0.1, 0.15) is 22.5 Å². The van der Waals surface area contributed by atoms with E-state index in [1.807, 2.05) is 14.0 Å². The van der Waals surface area contributed by atoms with E-state index in [1.165, 1.54) is 0 Å². The summed E-state index contributed by atoms with van der Waals surface area (Å²) < 4.78 is 1.66. The summed E-state index contributed by atoms with van der Waals surface area (Å²) in [7, 11) is 1.82. The molecular formula is C10H16N4O. The fraction of sp³-hybridized carbons (Fsp3) is 0.600. The van der Waals surface area contributed by atoms with Crippen LogP contribution >= 0.6 is 0 Å². The quantitative estimate of drug-likeness (QED) is 0.709. The lowest BCUT2D eigenvalue weighted by molar-refractivity contribution is 0.0939. The van der Waals surface area contributed by atoms with Crippen LogP contribution in [0.4, 0.5) is 0 Å². The van der Waals surface area contributed by atoms with E-state index in [-0.39, 0.29) is 11.9 Å². The van der Waals surface area contributed by atoms with E-state index in [4.69, 9.17) is 0 Å². The third-order valence-corrected chi connectivity index (χ3v) is 2.65. The van der Waals surface area contributed by atoms with Gasteiger partial charge in [0.1, 0.15) is 0 Å². The number of carbonyl (C=O) groups is 1. The third kappa shape index (κ3) is 2.18. The van der Waals surface area contributed by atoms with Crippen LogP contribution in [0, 0.1) is 6.92 Å². The Kier molecular flexibility index (Phi) is 2.73. The number of nitrogens with one attached hydrogen (secondary N) is 2. The van der Waals surface area contributed by atoms with Crippen molar-refractivity contribution in [3.8, 4) is 0 Å². The first kappa shape index (κ1) is 10.2. The van der Waals surface area contributed by atoms with Gasteiger partial charge in [-0.3, -0.25) is 9.48 Å². The van der Waals surface area contributed by atoms with E-state index in [0.29, 0.717) is 5.56 Å². The summed E-state index contributed by atoms with van der Waals surface area (Å²) in [5.74, 6) is -0.0192. The molecule has 0 saturated carbocycles. The Morgan fingerprint density at radius 2 is 2.53 bits per heavy atom. The summed E-state index contributed by atoms with van der Waals surface area (Å²) in [5.41, 5.74) is 1.45. The molecule has 1 saturated heterocycles. The second-order valence-electron chi connectivity index (χ2n) is 3.97. The molecule has 1 aliphatic rings. The molecule has 1 amide bonds. The molecule has 2 rings (SSSR count). The number of aromatic nitrogens is 2. The summed E-state index contributed by atoms with van der Waals surface area (Å²) in [4.78, 5) is 11.8. The Hall–Kier alpha value is -1.36. The van der Waals surface area contributed by atoms with Gasteiger partial charge in [0, 0.05) is 25.8 Å². The lowest BCUT2D eigenvalue weighted by Crippen LogP contribution is -2.36. The normalized spacial score (nSPS) is 20.5. The molecule has 0 spiro atoms. The molecule has 1 fully saturated rings. The topological polar surface area (TPSA) is 59.0 Å². The van der Waals surface area contributed by atoms with Crippen LogP contribution < -0.4 is 10.6 Å². The fourth-order valence-corrected chi connectivity index (χ4v) is 1.86. The summed E-state index contributed by atoms with van der Waals surface area (Å²) in [6, 6.07) is 0.261. The molecule has 2 heterocycles. The largest absolute Gasteiger partial charge is 0.348 e. The third-order valence-electron chi connectivity index (χ3n) is 2.65. The van der Waals surface area contributed by atoms with Gasteiger partial charge in [-0.2, -0.15) is 5.10 Å². The number of amides is 1. The number of nitrogens with zero attached hydrogens (tertiary/aromatic N) is 2. The number of hydrogen-bond donors (Lipinski definition) is 2. The molecule has 0 aromatic carbocycles. The molecule has 1 aromatic rings. The zero-order chi connectivity index (χ0) is 10.8. The van der Waals surface area contributed by atoms with Gasteiger partial charge in [-0.25, -0.2) is 0 Å². The molecular weight excluding hydrogens is 192 g/mol. The molecule has 1 atom stereocenters. The number of carbonyl (C=O) groups excluding carboxylic acids is 1. The van der Waals surface area contributed by atoms with Crippen molar-refractivity contribution < 1.29 is 4.79 Å². The fourth-order valence-electron chi connectivity index (χ4n) is 1.86. The maximum Gasteiger partial charge on any atom is 0.255 e. The summed E-state index contributed by atoms with van der Waals surface area (Å²) in [6.07, 6.45) is 2.76. The zero-order valence-electron chi connectivity index (χ0n) is 9.08. The maximum atomic E-state index is 11.8. The highest BCUT2D eigenvalue weighted by Gasteiger charge is 2.19. The van der Waals surface area contributed by atoms with E-state index >= 15 is 0 Å². The average Bonchev–Trinajstić information content (AvgIpc) is 2.75. The number of hydrogen-bond acceptors (Lipinski definition) is 3. The minimum Gasteiger partial charge on any atom is -0.348 e. The van der Waals surface area contributed by atoms with Crippen molar-refractivity contribution >= 4 is 5.91 Å². The van der Waals surface area contributed by atoms with Crippen molar-refractivity contribution in [1.82, 2.24) is 20.4 Å². The van der Waals surface area contributed by atoms with Crippen LogP contribution in [-0.4, -0.2) is 34.8 Å². The Balaban J connectivity index is 2.03. The summed E-state index contributed by atoms with van der Waals surface area (Å²) in [5, 5.41) is 10.4. The van der Waals surface area contributed by atoms with Gasteiger partial charge in [0.05, 0.1) is 11.3 Å². The second-order valence-corrected chi connectivity index (χ2v) is 3.97. The maximum absolute atomic E-state index is 11.8. The predicted octanol–water partition coefficient (Wildman–Crippen LogP) is -0.180. The highest BCUT2D eigenvalue weighted by Crippen LogP contribution is 2.06. The van der Waals surface area contributed by atoms with Crippen LogP contribution in [0.15, 0.2) is 6.20 Å². The molecule has 1 unspecified atom stereocenters. The molecule has 82 valence electrons. The molecule has 0 bridgehead atoms. The lowest BCUT2D eigenvalue weighted by atomic mass is 10.2. The average molecular weight is 208 g/mol. The molecule has 5 heteroatoms. The van der Waals surface area contributed by atoms with E-state index < -0.39 is 0 Å². The van der Waals surface area contributed by atoms with E-state index in [0.717, 1.165) is 25.2 Å². The molecule has 0 aliphatic carbocycles. The van der Waals surface area contributed by atoms with Crippen molar-refractivity contribution in [2.75, 3.05) is 13.1 Å². The van der Waals surface area contributed by atoms with E-state index in [9.17, 15) is 4.79 Å².